The van der Waals surface area contributed by atoms with E-state index in [9.17, 15) is 15.3 Å². The van der Waals surface area contributed by atoms with E-state index in [1.807, 2.05) is 54.6 Å². The van der Waals surface area contributed by atoms with Crippen molar-refractivity contribution in [2.45, 2.75) is 0 Å². The third-order valence-corrected chi connectivity index (χ3v) is 3.30. The summed E-state index contributed by atoms with van der Waals surface area (Å²) in [5.41, 5.74) is 0.847. The molecular weight excluding hydrogens is 348 g/mol. The molecule has 0 aromatic heterocycles. The van der Waals surface area contributed by atoms with Gasteiger partial charge in [0.2, 0.25) is 0 Å². The number of allylic oxidation sites excluding steroid dienone is 6. The molecule has 0 radical (unpaired) electrons. The second-order valence-electron chi connectivity index (χ2n) is 4.95. The molecule has 1 aliphatic carbocycles. The topological polar surface area (TPSA) is 72.8 Å². The Balaban J connectivity index is 0.000000300. The molecule has 2 aromatic rings. The van der Waals surface area contributed by atoms with E-state index in [0.29, 0.717) is 5.76 Å². The van der Waals surface area contributed by atoms with Crippen LogP contribution in [0.2, 0.25) is 0 Å². The van der Waals surface area contributed by atoms with Gasteiger partial charge >= 0.3 is 17.1 Å². The number of rotatable bonds is 0. The first kappa shape index (κ1) is 17.6. The van der Waals surface area contributed by atoms with Crippen molar-refractivity contribution in [2.24, 2.45) is 0 Å². The molecule has 5 heteroatoms. The van der Waals surface area contributed by atoms with Crippen LogP contribution in [0.5, 0.6) is 17.2 Å². The van der Waals surface area contributed by atoms with Gasteiger partial charge in [-0.2, -0.15) is 18.2 Å². The first-order valence-corrected chi connectivity index (χ1v) is 7.04. The Hall–Kier alpha value is -2.75. The maximum absolute atomic E-state index is 11.9. The molecule has 0 amide bonds. The van der Waals surface area contributed by atoms with Gasteiger partial charge in [0.15, 0.2) is 0 Å². The summed E-state index contributed by atoms with van der Waals surface area (Å²) >= 11 is 0. The Morgan fingerprint density at radius 3 is 2.25 bits per heavy atom. The maximum Gasteiger partial charge on any atom is 2.00 e. The van der Waals surface area contributed by atoms with E-state index in [1.165, 1.54) is 12.1 Å². The van der Waals surface area contributed by atoms with Gasteiger partial charge in [-0.1, -0.05) is 30.1 Å². The van der Waals surface area contributed by atoms with Crippen molar-refractivity contribution in [1.29, 1.82) is 0 Å². The van der Waals surface area contributed by atoms with Crippen LogP contribution < -0.4 is 9.84 Å². The van der Waals surface area contributed by atoms with Gasteiger partial charge in [-0.05, 0) is 6.08 Å². The number of hydrogen-bond acceptors (Lipinski definition) is 4. The van der Waals surface area contributed by atoms with Gasteiger partial charge in [-0.15, -0.1) is 0 Å². The molecule has 4 nitrogen and oxygen atoms in total. The minimum atomic E-state index is -0.343. The molecule has 2 aromatic carbocycles. The molecule has 1 heterocycles. The van der Waals surface area contributed by atoms with Crippen LogP contribution in [0, 0.1) is 0 Å². The second-order valence-corrected chi connectivity index (χ2v) is 4.95. The van der Waals surface area contributed by atoms with E-state index < -0.39 is 0 Å². The average molecular weight is 362 g/mol. The van der Waals surface area contributed by atoms with E-state index in [0.717, 1.165) is 11.6 Å². The summed E-state index contributed by atoms with van der Waals surface area (Å²) in [6, 6.07) is 12.4. The van der Waals surface area contributed by atoms with Crippen LogP contribution in [0.3, 0.4) is 0 Å². The SMILES string of the molecule is [Fe+2].[O-]C1=CC(=C2C=CC=C2)Oc2cc(O)cc(O)c21.c1cc[cH-]c1. The molecular formula is C19H14FeO4. The Morgan fingerprint density at radius 2 is 1.67 bits per heavy atom. The third-order valence-electron chi connectivity index (χ3n) is 3.30. The molecule has 4 rings (SSSR count). The monoisotopic (exact) mass is 362 g/mol. The molecule has 0 fully saturated rings. The number of ether oxygens (including phenoxy) is 1. The molecule has 2 N–H and O–H groups in total. The first-order chi connectivity index (χ1) is 11.1. The van der Waals surface area contributed by atoms with Gasteiger partial charge in [0.05, 0.1) is 5.56 Å². The predicted octanol–water partition coefficient (Wildman–Crippen LogP) is 2.97. The molecule has 0 spiro atoms. The summed E-state index contributed by atoms with van der Waals surface area (Å²) in [7, 11) is 0. The van der Waals surface area contributed by atoms with Crippen molar-refractivity contribution in [3.63, 3.8) is 0 Å². The van der Waals surface area contributed by atoms with Crippen molar-refractivity contribution in [1.82, 2.24) is 0 Å². The number of phenols is 2. The van der Waals surface area contributed by atoms with Gasteiger partial charge in [-0.25, -0.2) is 12.1 Å². The van der Waals surface area contributed by atoms with Crippen molar-refractivity contribution in [2.75, 3.05) is 0 Å². The number of benzene rings is 1. The van der Waals surface area contributed by atoms with Crippen LogP contribution in [0.25, 0.3) is 5.76 Å². The van der Waals surface area contributed by atoms with E-state index >= 15 is 0 Å². The van der Waals surface area contributed by atoms with Gasteiger partial charge in [0, 0.05) is 17.7 Å². The summed E-state index contributed by atoms with van der Waals surface area (Å²) in [4.78, 5) is 0. The third kappa shape index (κ3) is 3.77. The van der Waals surface area contributed by atoms with E-state index in [4.69, 9.17) is 4.74 Å². The quantitative estimate of drug-likeness (QED) is 0.558. The molecule has 0 unspecified atom stereocenters. The van der Waals surface area contributed by atoms with Crippen LogP contribution in [-0.4, -0.2) is 10.2 Å². The van der Waals surface area contributed by atoms with Crippen LogP contribution in [0.1, 0.15) is 5.56 Å². The largest absolute Gasteiger partial charge is 2.00 e. The summed E-state index contributed by atoms with van der Waals surface area (Å²) in [6.45, 7) is 0. The van der Waals surface area contributed by atoms with Crippen LogP contribution in [0.15, 0.2) is 84.2 Å². The van der Waals surface area contributed by atoms with Crippen molar-refractivity contribution < 1.29 is 37.1 Å². The smallest absolute Gasteiger partial charge is 0.872 e. The predicted molar refractivity (Wildman–Crippen MR) is 85.7 cm³/mol. The molecule has 0 saturated carbocycles. The molecule has 24 heavy (non-hydrogen) atoms. The Kier molecular flexibility index (Phi) is 5.63. The van der Waals surface area contributed by atoms with Gasteiger partial charge in [-0.3, -0.25) is 0 Å². The Labute approximate surface area is 150 Å². The van der Waals surface area contributed by atoms with Gasteiger partial charge in [0.25, 0.3) is 0 Å². The molecule has 0 bridgehead atoms. The average Bonchev–Trinajstić information content (AvgIpc) is 3.22. The fourth-order valence-electron chi connectivity index (χ4n) is 2.26. The summed E-state index contributed by atoms with van der Waals surface area (Å²) < 4.78 is 5.53. The summed E-state index contributed by atoms with van der Waals surface area (Å²) in [5, 5.41) is 31.0. The standard InChI is InChI=1S/C14H10O4.C5H5.Fe/c15-9-5-10(16)14-11(17)7-12(18-13(14)6-9)8-3-1-2-4-8;1-2-4-5-3-1;/h1-7,15-17H;1-5H;/q;-1;+2/p-1. The molecule has 122 valence electrons. The van der Waals surface area contributed by atoms with Crippen LogP contribution >= 0.6 is 0 Å². The van der Waals surface area contributed by atoms with Gasteiger partial charge in [0.1, 0.15) is 23.0 Å². The van der Waals surface area contributed by atoms with E-state index in [-0.39, 0.29) is 45.6 Å². The zero-order valence-electron chi connectivity index (χ0n) is 12.5. The summed E-state index contributed by atoms with van der Waals surface area (Å²) in [6.07, 6.45) is 8.62. The zero-order valence-corrected chi connectivity index (χ0v) is 13.6. The number of aromatic hydroxyl groups is 2. The minimum absolute atomic E-state index is 0. The summed E-state index contributed by atoms with van der Waals surface area (Å²) in [5.74, 6) is -0.209. The van der Waals surface area contributed by atoms with Crippen molar-refractivity contribution >= 4 is 5.76 Å². The van der Waals surface area contributed by atoms with Gasteiger partial charge < -0.3 is 20.1 Å². The van der Waals surface area contributed by atoms with E-state index in [2.05, 4.69) is 0 Å². The van der Waals surface area contributed by atoms with Crippen molar-refractivity contribution in [3.05, 3.63) is 89.7 Å². The second kappa shape index (κ2) is 7.68. The van der Waals surface area contributed by atoms with Crippen molar-refractivity contribution in [3.8, 4) is 17.2 Å². The molecule has 2 aliphatic rings. The minimum Gasteiger partial charge on any atom is -0.872 e. The number of fused-ring (bicyclic) bond motifs is 1. The normalized spacial score (nSPS) is 14.1. The maximum atomic E-state index is 11.9. The van der Waals surface area contributed by atoms with Crippen LogP contribution in [0.4, 0.5) is 0 Å². The first-order valence-electron chi connectivity index (χ1n) is 7.04. The van der Waals surface area contributed by atoms with Crippen LogP contribution in [-0.2, 0) is 17.1 Å². The van der Waals surface area contributed by atoms with E-state index in [1.54, 1.807) is 0 Å². The number of hydrogen-bond donors (Lipinski definition) is 2. The zero-order chi connectivity index (χ0) is 16.2. The fourth-order valence-corrected chi connectivity index (χ4v) is 2.26. The molecule has 0 atom stereocenters. The molecule has 1 aliphatic heterocycles. The fraction of sp³-hybridized carbons (Fsp3) is 0. The molecule has 0 saturated heterocycles. The number of phenolic OH excluding ortho intramolecular Hbond substituents is 2. The Morgan fingerprint density at radius 1 is 1.00 bits per heavy atom. The Bertz CT molecular complexity index is 796.